The number of aromatic nitrogens is 3. The molecule has 6 nitrogen and oxygen atoms in total. The van der Waals surface area contributed by atoms with Crippen LogP contribution < -0.4 is 4.31 Å². The Labute approximate surface area is 101 Å². The summed E-state index contributed by atoms with van der Waals surface area (Å²) in [5.74, 6) is 0. The first-order chi connectivity index (χ1) is 8.09. The Bertz CT molecular complexity index is 540. The molecule has 1 atom stereocenters. The van der Waals surface area contributed by atoms with E-state index >= 15 is 0 Å². The molecule has 0 aliphatic rings. The number of rotatable bonds is 3. The standard InChI is InChI=1S/C10H12N4O2S/c1-8-10(13(2)17(15)16)7-14(12-8)9-4-3-5-11-6-9/h3-7H,1-2H3,(H,15,16)/p-1. The monoisotopic (exact) mass is 251 g/mol. The lowest BCUT2D eigenvalue weighted by atomic mass is 10.4. The average Bonchev–Trinajstić information content (AvgIpc) is 2.71. The zero-order chi connectivity index (χ0) is 12.4. The van der Waals surface area contributed by atoms with Gasteiger partial charge in [0.2, 0.25) is 0 Å². The minimum atomic E-state index is -2.30. The Hall–Kier alpha value is -1.73. The zero-order valence-electron chi connectivity index (χ0n) is 9.40. The predicted molar refractivity (Wildman–Crippen MR) is 63.4 cm³/mol. The molecule has 0 aliphatic heterocycles. The summed E-state index contributed by atoms with van der Waals surface area (Å²) in [4.78, 5) is 3.98. The van der Waals surface area contributed by atoms with Crippen molar-refractivity contribution in [3.8, 4) is 5.69 Å². The minimum Gasteiger partial charge on any atom is -0.755 e. The van der Waals surface area contributed by atoms with Gasteiger partial charge in [-0.15, -0.1) is 0 Å². The summed E-state index contributed by atoms with van der Waals surface area (Å²) in [5, 5.41) is 4.25. The molecule has 17 heavy (non-hydrogen) atoms. The van der Waals surface area contributed by atoms with E-state index in [0.29, 0.717) is 11.4 Å². The highest BCUT2D eigenvalue weighted by Gasteiger charge is 2.10. The molecule has 0 saturated heterocycles. The molecule has 0 aliphatic carbocycles. The number of aryl methyl sites for hydroxylation is 1. The largest absolute Gasteiger partial charge is 0.755 e. The van der Waals surface area contributed by atoms with Crippen LogP contribution >= 0.6 is 0 Å². The van der Waals surface area contributed by atoms with Crippen molar-refractivity contribution < 1.29 is 8.76 Å². The van der Waals surface area contributed by atoms with E-state index in [1.807, 2.05) is 6.07 Å². The van der Waals surface area contributed by atoms with Crippen LogP contribution in [0.2, 0.25) is 0 Å². The molecule has 90 valence electrons. The fraction of sp³-hybridized carbons (Fsp3) is 0.200. The van der Waals surface area contributed by atoms with E-state index in [4.69, 9.17) is 0 Å². The van der Waals surface area contributed by atoms with Gasteiger partial charge in [0.25, 0.3) is 0 Å². The van der Waals surface area contributed by atoms with Crippen LogP contribution in [0.3, 0.4) is 0 Å². The van der Waals surface area contributed by atoms with E-state index in [0.717, 1.165) is 9.99 Å². The normalized spacial score (nSPS) is 12.4. The third kappa shape index (κ3) is 2.34. The van der Waals surface area contributed by atoms with Gasteiger partial charge in [0.05, 0.1) is 29.5 Å². The zero-order valence-corrected chi connectivity index (χ0v) is 10.2. The van der Waals surface area contributed by atoms with Crippen LogP contribution in [0.1, 0.15) is 5.69 Å². The second-order valence-electron chi connectivity index (χ2n) is 3.47. The number of pyridine rings is 1. The highest BCUT2D eigenvalue weighted by molar-refractivity contribution is 7.80. The molecule has 0 amide bonds. The van der Waals surface area contributed by atoms with Crippen molar-refractivity contribution in [1.82, 2.24) is 14.8 Å². The van der Waals surface area contributed by atoms with Crippen LogP contribution in [0, 0.1) is 6.92 Å². The van der Waals surface area contributed by atoms with Crippen LogP contribution in [0.15, 0.2) is 30.7 Å². The third-order valence-corrected chi connectivity index (χ3v) is 2.99. The van der Waals surface area contributed by atoms with Crippen molar-refractivity contribution >= 4 is 17.0 Å². The molecular formula is C10H11N4O2S-. The van der Waals surface area contributed by atoms with Crippen LogP contribution in [0.4, 0.5) is 5.69 Å². The lowest BCUT2D eigenvalue weighted by Crippen LogP contribution is -2.19. The Morgan fingerprint density at radius 2 is 2.29 bits per heavy atom. The number of hydrogen-bond donors (Lipinski definition) is 0. The fourth-order valence-electron chi connectivity index (χ4n) is 1.46. The van der Waals surface area contributed by atoms with Gasteiger partial charge < -0.3 is 8.86 Å². The van der Waals surface area contributed by atoms with E-state index in [1.54, 1.807) is 36.3 Å². The summed E-state index contributed by atoms with van der Waals surface area (Å²) < 4.78 is 24.5. The molecule has 0 spiro atoms. The molecule has 2 rings (SSSR count). The maximum absolute atomic E-state index is 10.9. The van der Waals surface area contributed by atoms with E-state index < -0.39 is 11.3 Å². The van der Waals surface area contributed by atoms with Gasteiger partial charge in [-0.25, -0.2) is 4.68 Å². The Kier molecular flexibility index (Phi) is 3.21. The molecule has 0 bridgehead atoms. The van der Waals surface area contributed by atoms with E-state index in [9.17, 15) is 8.76 Å². The van der Waals surface area contributed by atoms with Gasteiger partial charge in [0, 0.05) is 24.5 Å². The fourth-order valence-corrected chi connectivity index (χ4v) is 1.80. The molecule has 2 aromatic heterocycles. The highest BCUT2D eigenvalue weighted by atomic mass is 32.2. The SMILES string of the molecule is Cc1nn(-c2cccnc2)cc1N(C)S(=O)[O-]. The number of anilines is 1. The molecular weight excluding hydrogens is 240 g/mol. The number of nitrogens with zero attached hydrogens (tertiary/aromatic N) is 4. The summed E-state index contributed by atoms with van der Waals surface area (Å²) >= 11 is -2.30. The summed E-state index contributed by atoms with van der Waals surface area (Å²) in [6, 6.07) is 3.64. The van der Waals surface area contributed by atoms with Gasteiger partial charge in [0.1, 0.15) is 0 Å². The van der Waals surface area contributed by atoms with Crippen molar-refractivity contribution in [2.75, 3.05) is 11.4 Å². The summed E-state index contributed by atoms with van der Waals surface area (Å²) in [5.41, 5.74) is 1.97. The third-order valence-electron chi connectivity index (χ3n) is 2.35. The van der Waals surface area contributed by atoms with Gasteiger partial charge in [-0.2, -0.15) is 5.10 Å². The second kappa shape index (κ2) is 4.64. The molecule has 2 aromatic rings. The molecule has 2 heterocycles. The maximum Gasteiger partial charge on any atom is 0.0893 e. The molecule has 0 N–H and O–H groups in total. The first-order valence-corrected chi connectivity index (χ1v) is 5.92. The van der Waals surface area contributed by atoms with Crippen molar-refractivity contribution in [3.05, 3.63) is 36.4 Å². The average molecular weight is 251 g/mol. The lowest BCUT2D eigenvalue weighted by Gasteiger charge is -2.19. The van der Waals surface area contributed by atoms with Crippen molar-refractivity contribution in [3.63, 3.8) is 0 Å². The molecule has 0 saturated carbocycles. The summed E-state index contributed by atoms with van der Waals surface area (Å²) in [6.45, 7) is 1.76. The lowest BCUT2D eigenvalue weighted by molar-refractivity contribution is 0.535. The molecule has 7 heteroatoms. The van der Waals surface area contributed by atoms with Gasteiger partial charge in [-0.05, 0) is 19.1 Å². The predicted octanol–water partition coefficient (Wildman–Crippen LogP) is 0.806. The van der Waals surface area contributed by atoms with E-state index in [2.05, 4.69) is 10.1 Å². The van der Waals surface area contributed by atoms with Crippen molar-refractivity contribution in [2.45, 2.75) is 6.92 Å². The van der Waals surface area contributed by atoms with Gasteiger partial charge in [0.15, 0.2) is 0 Å². The quantitative estimate of drug-likeness (QED) is 0.756. The van der Waals surface area contributed by atoms with Crippen LogP contribution in [0.25, 0.3) is 5.69 Å². The Morgan fingerprint density at radius 3 is 2.88 bits per heavy atom. The topological polar surface area (TPSA) is 74.1 Å². The Morgan fingerprint density at radius 1 is 1.53 bits per heavy atom. The van der Waals surface area contributed by atoms with Crippen LogP contribution in [0.5, 0.6) is 0 Å². The van der Waals surface area contributed by atoms with Crippen molar-refractivity contribution in [2.24, 2.45) is 0 Å². The van der Waals surface area contributed by atoms with E-state index in [-0.39, 0.29) is 0 Å². The summed E-state index contributed by atoms with van der Waals surface area (Å²) in [7, 11) is 1.47. The highest BCUT2D eigenvalue weighted by Crippen LogP contribution is 2.20. The first kappa shape index (κ1) is 11.7. The molecule has 1 unspecified atom stereocenters. The molecule has 0 radical (unpaired) electrons. The molecule has 0 fully saturated rings. The van der Waals surface area contributed by atoms with Gasteiger partial charge in [-0.1, -0.05) is 0 Å². The second-order valence-corrected chi connectivity index (χ2v) is 4.45. The van der Waals surface area contributed by atoms with Crippen LogP contribution in [-0.2, 0) is 11.3 Å². The summed E-state index contributed by atoms with van der Waals surface area (Å²) in [6.07, 6.45) is 4.98. The minimum absolute atomic E-state index is 0.544. The number of hydrogen-bond acceptors (Lipinski definition) is 4. The van der Waals surface area contributed by atoms with Crippen LogP contribution in [-0.4, -0.2) is 30.6 Å². The smallest absolute Gasteiger partial charge is 0.0893 e. The maximum atomic E-state index is 10.9. The van der Waals surface area contributed by atoms with Crippen molar-refractivity contribution in [1.29, 1.82) is 0 Å². The first-order valence-electron chi connectivity index (χ1n) is 4.89. The molecule has 0 aromatic carbocycles. The van der Waals surface area contributed by atoms with Gasteiger partial charge >= 0.3 is 0 Å². The Balaban J connectivity index is 2.41. The van der Waals surface area contributed by atoms with E-state index in [1.165, 1.54) is 7.05 Å². The van der Waals surface area contributed by atoms with Gasteiger partial charge in [-0.3, -0.25) is 9.19 Å².